The lowest BCUT2D eigenvalue weighted by Crippen LogP contribution is -2.23. The maximum absolute atomic E-state index is 12.5. The van der Waals surface area contributed by atoms with Gasteiger partial charge in [-0.2, -0.15) is 11.8 Å². The average molecular weight is 430 g/mol. The lowest BCUT2D eigenvalue weighted by Gasteiger charge is -2.09. The van der Waals surface area contributed by atoms with Crippen molar-refractivity contribution in [3.8, 4) is 0 Å². The third-order valence-electron chi connectivity index (χ3n) is 4.85. The molecule has 1 amide bonds. The molecule has 2 aromatic heterocycles. The van der Waals surface area contributed by atoms with Gasteiger partial charge in [-0.15, -0.1) is 11.3 Å². The largest absolute Gasteiger partial charge is 0.309 e. The monoisotopic (exact) mass is 429 g/mol. The molecule has 8 heteroatoms. The number of thiophene rings is 1. The van der Waals surface area contributed by atoms with Crippen molar-refractivity contribution >= 4 is 39.2 Å². The summed E-state index contributed by atoms with van der Waals surface area (Å²) in [6.45, 7) is 0.343. The Balaban J connectivity index is 1.24. The number of carbonyl (C=O) groups is 1. The first-order valence-electron chi connectivity index (χ1n) is 9.76. The SMILES string of the molecule is O=C(CCSCc1nc2sc3c(c2c(=O)[nH]1)CCCC3)NOCc1ccccc1. The number of aromatic amines is 1. The molecule has 0 spiro atoms. The number of fused-ring (bicyclic) bond motifs is 3. The fourth-order valence-electron chi connectivity index (χ4n) is 3.44. The summed E-state index contributed by atoms with van der Waals surface area (Å²) in [4.78, 5) is 39.4. The zero-order valence-electron chi connectivity index (χ0n) is 16.0. The highest BCUT2D eigenvalue weighted by atomic mass is 32.2. The molecule has 0 saturated heterocycles. The second-order valence-corrected chi connectivity index (χ2v) is 9.19. The van der Waals surface area contributed by atoms with Crippen LogP contribution in [0.25, 0.3) is 10.2 Å². The van der Waals surface area contributed by atoms with Crippen LogP contribution in [0.5, 0.6) is 0 Å². The fourth-order valence-corrected chi connectivity index (χ4v) is 5.52. The van der Waals surface area contributed by atoms with Gasteiger partial charge < -0.3 is 4.98 Å². The lowest BCUT2D eigenvalue weighted by atomic mass is 9.97. The van der Waals surface area contributed by atoms with Gasteiger partial charge in [0, 0.05) is 17.1 Å². The van der Waals surface area contributed by atoms with Crippen LogP contribution in [0, 0.1) is 0 Å². The van der Waals surface area contributed by atoms with Crippen LogP contribution in [0.2, 0.25) is 0 Å². The minimum absolute atomic E-state index is 0.0305. The molecular weight excluding hydrogens is 406 g/mol. The maximum Gasteiger partial charge on any atom is 0.259 e. The molecule has 2 heterocycles. The number of hydroxylamine groups is 1. The van der Waals surface area contributed by atoms with Crippen molar-refractivity contribution in [3.63, 3.8) is 0 Å². The summed E-state index contributed by atoms with van der Waals surface area (Å²) in [6.07, 6.45) is 4.72. The third-order valence-corrected chi connectivity index (χ3v) is 7.01. The van der Waals surface area contributed by atoms with Gasteiger partial charge in [-0.25, -0.2) is 10.5 Å². The van der Waals surface area contributed by atoms with Crippen LogP contribution in [0.3, 0.4) is 0 Å². The summed E-state index contributed by atoms with van der Waals surface area (Å²) in [5.41, 5.74) is 4.64. The van der Waals surface area contributed by atoms with Gasteiger partial charge in [-0.3, -0.25) is 14.4 Å². The summed E-state index contributed by atoms with van der Waals surface area (Å²) in [7, 11) is 0. The predicted octanol–water partition coefficient (Wildman–Crippen LogP) is 3.73. The van der Waals surface area contributed by atoms with E-state index in [-0.39, 0.29) is 11.5 Å². The first kappa shape index (κ1) is 20.1. The molecule has 0 fully saturated rings. The van der Waals surface area contributed by atoms with E-state index in [2.05, 4.69) is 15.4 Å². The number of hydrogen-bond donors (Lipinski definition) is 2. The van der Waals surface area contributed by atoms with E-state index in [9.17, 15) is 9.59 Å². The number of nitrogens with one attached hydrogen (secondary N) is 2. The number of nitrogens with zero attached hydrogens (tertiary/aromatic N) is 1. The van der Waals surface area contributed by atoms with E-state index in [4.69, 9.17) is 4.84 Å². The molecule has 6 nitrogen and oxygen atoms in total. The quantitative estimate of drug-likeness (QED) is 0.421. The van der Waals surface area contributed by atoms with Gasteiger partial charge in [0.2, 0.25) is 5.91 Å². The Morgan fingerprint density at radius 1 is 1.24 bits per heavy atom. The van der Waals surface area contributed by atoms with Crippen LogP contribution >= 0.6 is 23.1 Å². The number of aryl methyl sites for hydroxylation is 2. The molecule has 0 atom stereocenters. The van der Waals surface area contributed by atoms with Crippen molar-refractivity contribution in [2.24, 2.45) is 0 Å². The Hall–Kier alpha value is -2.16. The Morgan fingerprint density at radius 3 is 2.93 bits per heavy atom. The minimum Gasteiger partial charge on any atom is -0.309 e. The number of amides is 1. The minimum atomic E-state index is -0.156. The smallest absolute Gasteiger partial charge is 0.259 e. The summed E-state index contributed by atoms with van der Waals surface area (Å²) in [5.74, 6) is 1.72. The Morgan fingerprint density at radius 2 is 2.07 bits per heavy atom. The van der Waals surface area contributed by atoms with Crippen molar-refractivity contribution in [3.05, 3.63) is 62.5 Å². The van der Waals surface area contributed by atoms with E-state index in [1.165, 1.54) is 16.9 Å². The van der Waals surface area contributed by atoms with Gasteiger partial charge in [-0.05, 0) is 36.8 Å². The van der Waals surface area contributed by atoms with Crippen LogP contribution < -0.4 is 11.0 Å². The number of hydrogen-bond acceptors (Lipinski definition) is 6. The molecule has 0 radical (unpaired) electrons. The van der Waals surface area contributed by atoms with Crippen molar-refractivity contribution in [1.82, 2.24) is 15.4 Å². The molecule has 0 bridgehead atoms. The molecule has 1 aromatic carbocycles. The molecule has 152 valence electrons. The summed E-state index contributed by atoms with van der Waals surface area (Å²) >= 11 is 3.23. The standard InChI is InChI=1S/C21H23N3O3S2/c25-18(24-27-12-14-6-2-1-3-7-14)10-11-28-13-17-22-20(26)19-15-8-4-5-9-16(15)29-21(19)23-17/h1-3,6-7H,4-5,8-13H2,(H,24,25)(H,22,23,26). The highest BCUT2D eigenvalue weighted by Gasteiger charge is 2.19. The van der Waals surface area contributed by atoms with Crippen LogP contribution in [0.4, 0.5) is 0 Å². The molecule has 0 unspecified atom stereocenters. The Kier molecular flexibility index (Phi) is 6.63. The molecule has 2 N–H and O–H groups in total. The van der Waals surface area contributed by atoms with E-state index in [0.717, 1.165) is 35.0 Å². The molecule has 0 saturated carbocycles. The van der Waals surface area contributed by atoms with Crippen molar-refractivity contribution < 1.29 is 9.63 Å². The van der Waals surface area contributed by atoms with Crippen LogP contribution in [-0.2, 0) is 34.8 Å². The number of benzene rings is 1. The molecule has 4 rings (SSSR count). The fraction of sp³-hybridized carbons (Fsp3) is 0.381. The molecule has 1 aliphatic rings. The predicted molar refractivity (Wildman–Crippen MR) is 117 cm³/mol. The number of H-pyrrole nitrogens is 1. The summed E-state index contributed by atoms with van der Waals surface area (Å²) in [6, 6.07) is 9.68. The highest BCUT2D eigenvalue weighted by molar-refractivity contribution is 7.98. The summed E-state index contributed by atoms with van der Waals surface area (Å²) in [5, 5.41) is 0.786. The first-order chi connectivity index (χ1) is 14.2. The van der Waals surface area contributed by atoms with Gasteiger partial charge in [0.05, 0.1) is 17.7 Å². The average Bonchev–Trinajstić information content (AvgIpc) is 3.11. The normalized spacial score (nSPS) is 13.4. The lowest BCUT2D eigenvalue weighted by molar-refractivity contribution is -0.134. The van der Waals surface area contributed by atoms with Crippen molar-refractivity contribution in [2.45, 2.75) is 44.5 Å². The van der Waals surface area contributed by atoms with Crippen LogP contribution in [-0.4, -0.2) is 21.6 Å². The van der Waals surface area contributed by atoms with Crippen molar-refractivity contribution in [2.75, 3.05) is 5.75 Å². The summed E-state index contributed by atoms with van der Waals surface area (Å²) < 4.78 is 0. The van der Waals surface area contributed by atoms with Gasteiger partial charge in [-0.1, -0.05) is 30.3 Å². The molecular formula is C21H23N3O3S2. The van der Waals surface area contributed by atoms with E-state index in [1.807, 2.05) is 30.3 Å². The second kappa shape index (κ2) is 9.56. The number of rotatable bonds is 8. The van der Waals surface area contributed by atoms with Gasteiger partial charge in [0.15, 0.2) is 0 Å². The topological polar surface area (TPSA) is 84.1 Å². The first-order valence-corrected chi connectivity index (χ1v) is 11.7. The van der Waals surface area contributed by atoms with E-state index in [1.54, 1.807) is 23.1 Å². The zero-order valence-corrected chi connectivity index (χ0v) is 17.7. The second-order valence-electron chi connectivity index (χ2n) is 7.01. The maximum atomic E-state index is 12.5. The van der Waals surface area contributed by atoms with E-state index >= 15 is 0 Å². The van der Waals surface area contributed by atoms with Gasteiger partial charge in [0.25, 0.3) is 5.56 Å². The van der Waals surface area contributed by atoms with E-state index < -0.39 is 0 Å². The van der Waals surface area contributed by atoms with Crippen molar-refractivity contribution in [1.29, 1.82) is 0 Å². The number of aromatic nitrogens is 2. The van der Waals surface area contributed by atoms with Gasteiger partial charge >= 0.3 is 0 Å². The Bertz CT molecular complexity index is 1050. The molecule has 1 aliphatic carbocycles. The van der Waals surface area contributed by atoms with Crippen LogP contribution in [0.1, 0.15) is 41.1 Å². The van der Waals surface area contributed by atoms with E-state index in [0.29, 0.717) is 30.4 Å². The van der Waals surface area contributed by atoms with Crippen LogP contribution in [0.15, 0.2) is 35.1 Å². The number of thioether (sulfide) groups is 1. The highest BCUT2D eigenvalue weighted by Crippen LogP contribution is 2.33. The Labute approximate surface area is 177 Å². The number of carbonyl (C=O) groups excluding carboxylic acids is 1. The molecule has 29 heavy (non-hydrogen) atoms. The molecule has 3 aromatic rings. The third kappa shape index (κ3) is 5.07. The molecule has 0 aliphatic heterocycles. The zero-order chi connectivity index (χ0) is 20.1. The van der Waals surface area contributed by atoms with Gasteiger partial charge in [0.1, 0.15) is 10.7 Å².